The molecule has 0 radical (unpaired) electrons. The number of benzene rings is 2. The molecule has 2 heterocycles. The number of ether oxygens (including phenoxy) is 1. The van der Waals surface area contributed by atoms with E-state index in [-0.39, 0.29) is 12.3 Å². The van der Waals surface area contributed by atoms with E-state index in [1.807, 2.05) is 34.6 Å². The molecule has 37 heavy (non-hydrogen) atoms. The second kappa shape index (κ2) is 11.0. The van der Waals surface area contributed by atoms with Gasteiger partial charge in [0.2, 0.25) is 10.0 Å². The number of sulfonamides is 1. The van der Waals surface area contributed by atoms with E-state index < -0.39 is 16.1 Å². The van der Waals surface area contributed by atoms with Gasteiger partial charge in [0, 0.05) is 19.6 Å². The number of aromatic amines is 2. The first kappa shape index (κ1) is 27.4. The number of fused-ring (bicyclic) bond motifs is 1. The van der Waals surface area contributed by atoms with Gasteiger partial charge in [-0.3, -0.25) is 0 Å². The van der Waals surface area contributed by atoms with Gasteiger partial charge in [0.25, 0.3) is 0 Å². The second-order valence-electron chi connectivity index (χ2n) is 10.2. The van der Waals surface area contributed by atoms with E-state index in [2.05, 4.69) is 15.3 Å². The molecule has 0 aliphatic carbocycles. The van der Waals surface area contributed by atoms with Gasteiger partial charge in [0.1, 0.15) is 24.0 Å². The van der Waals surface area contributed by atoms with E-state index >= 15 is 0 Å². The third kappa shape index (κ3) is 5.62. The molecular weight excluding hydrogens is 492 g/mol. The number of hydrogen-bond donors (Lipinski definition) is 4. The molecule has 9 nitrogen and oxygen atoms in total. The molecule has 2 aromatic carbocycles. The summed E-state index contributed by atoms with van der Waals surface area (Å²) in [4.78, 5) is 17.4. The summed E-state index contributed by atoms with van der Waals surface area (Å²) >= 11 is 0. The predicted molar refractivity (Wildman–Crippen MR) is 145 cm³/mol. The van der Waals surface area contributed by atoms with Gasteiger partial charge in [-0.15, -0.1) is 0 Å². The summed E-state index contributed by atoms with van der Waals surface area (Å²) in [6.45, 7) is 12.0. The maximum absolute atomic E-state index is 13.6. The maximum Gasteiger partial charge on any atom is 0.323 e. The molecule has 1 atom stereocenters. The number of hydrogen-bond acceptors (Lipinski definition) is 6. The molecule has 1 saturated heterocycles. The Morgan fingerprint density at radius 2 is 1.65 bits per heavy atom. The van der Waals surface area contributed by atoms with Crippen molar-refractivity contribution in [3.8, 4) is 5.75 Å². The van der Waals surface area contributed by atoms with E-state index in [1.165, 1.54) is 0 Å². The van der Waals surface area contributed by atoms with E-state index in [0.29, 0.717) is 53.8 Å². The molecule has 4 N–H and O–H groups in total. The van der Waals surface area contributed by atoms with Crippen LogP contribution in [0.2, 0.25) is 0 Å². The van der Waals surface area contributed by atoms with Crippen LogP contribution in [0.1, 0.15) is 40.7 Å². The quantitative estimate of drug-likeness (QED) is 0.337. The highest BCUT2D eigenvalue weighted by molar-refractivity contribution is 7.89. The molecule has 1 aliphatic heterocycles. The fraction of sp³-hybridized carbons (Fsp3) is 0.519. The van der Waals surface area contributed by atoms with Crippen molar-refractivity contribution >= 4 is 21.1 Å². The van der Waals surface area contributed by atoms with Crippen LogP contribution in [0.15, 0.2) is 27.9 Å². The summed E-state index contributed by atoms with van der Waals surface area (Å²) in [6, 6.07) is 5.30. The van der Waals surface area contributed by atoms with Gasteiger partial charge in [-0.1, -0.05) is 6.07 Å². The van der Waals surface area contributed by atoms with Crippen molar-refractivity contribution in [1.82, 2.24) is 19.6 Å². The molecule has 202 valence electrons. The lowest BCUT2D eigenvalue weighted by atomic mass is 9.95. The maximum atomic E-state index is 13.6. The third-order valence-corrected chi connectivity index (χ3v) is 10.0. The largest absolute Gasteiger partial charge is 0.489 e. The molecule has 0 unspecified atom stereocenters. The summed E-state index contributed by atoms with van der Waals surface area (Å²) < 4.78 is 34.5. The van der Waals surface area contributed by atoms with Gasteiger partial charge in [-0.05, 0) is 99.9 Å². The number of H-pyrrole nitrogens is 2. The number of piperidine rings is 1. The number of nitrogens with zero attached hydrogens (tertiary/aromatic N) is 1. The van der Waals surface area contributed by atoms with Crippen molar-refractivity contribution in [1.29, 1.82) is 0 Å². The molecule has 0 spiro atoms. The van der Waals surface area contributed by atoms with Crippen LogP contribution >= 0.6 is 0 Å². The Balaban J connectivity index is 1.26. The Morgan fingerprint density at radius 3 is 2.30 bits per heavy atom. The molecule has 10 heteroatoms. The van der Waals surface area contributed by atoms with Gasteiger partial charge in [0.15, 0.2) is 0 Å². The Labute approximate surface area is 218 Å². The van der Waals surface area contributed by atoms with Gasteiger partial charge >= 0.3 is 5.69 Å². The lowest BCUT2D eigenvalue weighted by Crippen LogP contribution is -2.42. The zero-order valence-electron chi connectivity index (χ0n) is 22.3. The van der Waals surface area contributed by atoms with Gasteiger partial charge < -0.3 is 25.1 Å². The summed E-state index contributed by atoms with van der Waals surface area (Å²) in [5.74, 6) is 0.842. The standard InChI is InChI=1S/C27H38N4O5S/c1-16-17(2)19(4)26(20(5)18(16)3)37(34,35)31-11-9-21(10-12-31)13-28-14-22(32)15-36-24-8-6-7-23-25(24)30-27(33)29-23/h6-8,21-22,28,32H,9-15H2,1-5H3,(H2,29,30,33)/t22-/m1/s1. The zero-order chi connectivity index (χ0) is 26.9. The fourth-order valence-electron chi connectivity index (χ4n) is 5.19. The molecule has 3 aromatic rings. The first-order valence-electron chi connectivity index (χ1n) is 12.8. The fourth-order valence-corrected chi connectivity index (χ4v) is 7.22. The van der Waals surface area contributed by atoms with Crippen molar-refractivity contribution < 1.29 is 18.3 Å². The summed E-state index contributed by atoms with van der Waals surface area (Å²) in [5.41, 5.74) is 5.86. The number of nitrogens with one attached hydrogen (secondary N) is 3. The number of para-hydroxylation sites is 1. The normalized spacial score (nSPS) is 16.4. The van der Waals surface area contributed by atoms with E-state index in [1.54, 1.807) is 22.5 Å². The van der Waals surface area contributed by atoms with Crippen LogP contribution in [0, 0.1) is 40.5 Å². The van der Waals surface area contributed by atoms with Gasteiger partial charge in [0.05, 0.1) is 10.4 Å². The van der Waals surface area contributed by atoms with Crippen molar-refractivity contribution in [3.63, 3.8) is 0 Å². The topological polar surface area (TPSA) is 128 Å². The lowest BCUT2D eigenvalue weighted by Gasteiger charge is -2.33. The Morgan fingerprint density at radius 1 is 1.03 bits per heavy atom. The van der Waals surface area contributed by atoms with E-state index in [9.17, 15) is 18.3 Å². The zero-order valence-corrected chi connectivity index (χ0v) is 23.1. The minimum atomic E-state index is -3.56. The van der Waals surface area contributed by atoms with Crippen LogP contribution in [-0.4, -0.2) is 66.7 Å². The Hall–Kier alpha value is -2.66. The van der Waals surface area contributed by atoms with E-state index in [0.717, 1.165) is 40.7 Å². The van der Waals surface area contributed by atoms with Crippen LogP contribution in [0.25, 0.3) is 11.0 Å². The average molecular weight is 531 g/mol. The molecular formula is C27H38N4O5S. The van der Waals surface area contributed by atoms with Crippen LogP contribution in [0.5, 0.6) is 5.75 Å². The van der Waals surface area contributed by atoms with Crippen LogP contribution in [-0.2, 0) is 10.0 Å². The number of aliphatic hydroxyl groups excluding tert-OH is 1. The molecule has 1 aromatic heterocycles. The van der Waals surface area contributed by atoms with Crippen molar-refractivity contribution in [2.75, 3.05) is 32.8 Å². The number of aliphatic hydroxyl groups is 1. The molecule has 1 aliphatic rings. The highest BCUT2D eigenvalue weighted by Gasteiger charge is 2.32. The highest BCUT2D eigenvalue weighted by Crippen LogP contribution is 2.33. The van der Waals surface area contributed by atoms with E-state index in [4.69, 9.17) is 4.74 Å². The average Bonchev–Trinajstić information content (AvgIpc) is 3.26. The van der Waals surface area contributed by atoms with Crippen molar-refractivity contribution in [3.05, 3.63) is 56.5 Å². The molecule has 1 fully saturated rings. The predicted octanol–water partition coefficient (Wildman–Crippen LogP) is 2.83. The molecule has 0 saturated carbocycles. The van der Waals surface area contributed by atoms with Gasteiger partial charge in [-0.25, -0.2) is 13.2 Å². The van der Waals surface area contributed by atoms with Crippen LogP contribution < -0.4 is 15.7 Å². The Kier molecular flexibility index (Phi) is 8.13. The number of aromatic nitrogens is 2. The summed E-state index contributed by atoms with van der Waals surface area (Å²) in [7, 11) is -3.56. The Bertz CT molecular complexity index is 1410. The van der Waals surface area contributed by atoms with Crippen molar-refractivity contribution in [2.24, 2.45) is 5.92 Å². The van der Waals surface area contributed by atoms with Crippen LogP contribution in [0.3, 0.4) is 0 Å². The lowest BCUT2D eigenvalue weighted by molar-refractivity contribution is 0.105. The van der Waals surface area contributed by atoms with Crippen LogP contribution in [0.4, 0.5) is 0 Å². The van der Waals surface area contributed by atoms with Crippen molar-refractivity contribution in [2.45, 2.75) is 58.5 Å². The monoisotopic (exact) mass is 530 g/mol. The number of imidazole rings is 1. The second-order valence-corrected chi connectivity index (χ2v) is 12.1. The minimum Gasteiger partial charge on any atom is -0.489 e. The third-order valence-electron chi connectivity index (χ3n) is 7.86. The minimum absolute atomic E-state index is 0.0874. The molecule has 0 bridgehead atoms. The molecule has 4 rings (SSSR count). The summed E-state index contributed by atoms with van der Waals surface area (Å²) in [5, 5.41) is 13.6. The first-order valence-corrected chi connectivity index (χ1v) is 14.2. The first-order chi connectivity index (χ1) is 17.5. The molecule has 0 amide bonds. The smallest absolute Gasteiger partial charge is 0.323 e. The van der Waals surface area contributed by atoms with Gasteiger partial charge in [-0.2, -0.15) is 4.31 Å². The SMILES string of the molecule is Cc1c(C)c(C)c(S(=O)(=O)N2CCC(CNC[C@@H](O)COc3cccc4[nH]c(=O)[nH]c34)CC2)c(C)c1C. The highest BCUT2D eigenvalue weighted by atomic mass is 32.2. The number of rotatable bonds is 9. The summed E-state index contributed by atoms with van der Waals surface area (Å²) in [6.07, 6.45) is 0.813.